The number of aryl methyl sites for hydroxylation is 1. The summed E-state index contributed by atoms with van der Waals surface area (Å²) >= 11 is 5.32. The maximum absolute atomic E-state index is 5.36. The van der Waals surface area contributed by atoms with Crippen LogP contribution in [0.3, 0.4) is 0 Å². The first kappa shape index (κ1) is 14.3. The predicted molar refractivity (Wildman–Crippen MR) is 84.9 cm³/mol. The number of hydrogen-bond donors (Lipinski definition) is 1. The minimum absolute atomic E-state index is 0.598. The molecule has 20 heavy (non-hydrogen) atoms. The van der Waals surface area contributed by atoms with Crippen molar-refractivity contribution in [3.63, 3.8) is 0 Å². The van der Waals surface area contributed by atoms with E-state index < -0.39 is 0 Å². The molecule has 1 aliphatic carbocycles. The van der Waals surface area contributed by atoms with Gasteiger partial charge in [0.25, 0.3) is 0 Å². The molecule has 2 aromatic heterocycles. The highest BCUT2D eigenvalue weighted by Gasteiger charge is 2.28. The minimum Gasteiger partial charge on any atom is -0.361 e. The van der Waals surface area contributed by atoms with E-state index in [1.54, 1.807) is 11.3 Å². The van der Waals surface area contributed by atoms with Gasteiger partial charge in [-0.05, 0) is 53.7 Å². The average molecular weight is 355 g/mol. The van der Waals surface area contributed by atoms with Crippen molar-refractivity contribution in [2.45, 2.75) is 45.2 Å². The van der Waals surface area contributed by atoms with Crippen LogP contribution in [0.15, 0.2) is 26.5 Å². The second-order valence-electron chi connectivity index (χ2n) is 5.52. The number of halogens is 1. The van der Waals surface area contributed by atoms with Crippen molar-refractivity contribution in [1.82, 2.24) is 10.5 Å². The van der Waals surface area contributed by atoms with Crippen LogP contribution in [0.4, 0.5) is 0 Å². The van der Waals surface area contributed by atoms with Crippen molar-refractivity contribution in [3.8, 4) is 0 Å². The molecule has 0 unspecified atom stereocenters. The summed E-state index contributed by atoms with van der Waals surface area (Å²) in [5.41, 5.74) is 0.978. The van der Waals surface area contributed by atoms with Crippen LogP contribution in [0.2, 0.25) is 0 Å². The van der Waals surface area contributed by atoms with Gasteiger partial charge < -0.3 is 9.84 Å². The third-order valence-corrected chi connectivity index (χ3v) is 5.59. The van der Waals surface area contributed by atoms with E-state index in [1.165, 1.54) is 27.9 Å². The second-order valence-corrected chi connectivity index (χ2v) is 8.07. The van der Waals surface area contributed by atoms with Crippen LogP contribution < -0.4 is 5.32 Å². The summed E-state index contributed by atoms with van der Waals surface area (Å²) in [5, 5.41) is 7.70. The number of nitrogens with zero attached hydrogens (tertiary/aromatic N) is 1. The van der Waals surface area contributed by atoms with Crippen molar-refractivity contribution in [3.05, 3.63) is 38.3 Å². The maximum Gasteiger partial charge on any atom is 0.137 e. The van der Waals surface area contributed by atoms with Crippen molar-refractivity contribution in [2.24, 2.45) is 5.92 Å². The molecule has 1 saturated carbocycles. The third-order valence-electron chi connectivity index (χ3n) is 3.97. The van der Waals surface area contributed by atoms with E-state index in [2.05, 4.69) is 44.6 Å². The van der Waals surface area contributed by atoms with Gasteiger partial charge >= 0.3 is 0 Å². The highest BCUT2D eigenvalue weighted by Crippen LogP contribution is 2.30. The zero-order chi connectivity index (χ0) is 13.9. The van der Waals surface area contributed by atoms with Gasteiger partial charge in [-0.1, -0.05) is 11.6 Å². The molecule has 0 aromatic carbocycles. The zero-order valence-electron chi connectivity index (χ0n) is 11.6. The van der Waals surface area contributed by atoms with E-state index in [-0.39, 0.29) is 0 Å². The molecule has 0 spiro atoms. The Morgan fingerprint density at radius 3 is 3.05 bits per heavy atom. The van der Waals surface area contributed by atoms with Gasteiger partial charge in [-0.3, -0.25) is 0 Å². The lowest BCUT2D eigenvalue weighted by molar-refractivity contribution is 0.329. The Morgan fingerprint density at radius 2 is 2.35 bits per heavy atom. The molecule has 0 bridgehead atoms. The Hall–Kier alpha value is -0.650. The topological polar surface area (TPSA) is 38.1 Å². The molecule has 0 saturated heterocycles. The number of rotatable bonds is 5. The summed E-state index contributed by atoms with van der Waals surface area (Å²) < 4.78 is 6.56. The molecule has 3 nitrogen and oxygen atoms in total. The van der Waals surface area contributed by atoms with Crippen LogP contribution in [0.1, 0.15) is 35.6 Å². The Kier molecular flexibility index (Phi) is 4.58. The highest BCUT2D eigenvalue weighted by molar-refractivity contribution is 9.11. The van der Waals surface area contributed by atoms with Crippen molar-refractivity contribution < 1.29 is 4.52 Å². The van der Waals surface area contributed by atoms with Crippen molar-refractivity contribution >= 4 is 27.3 Å². The monoisotopic (exact) mass is 354 g/mol. The Labute approximate surface area is 131 Å². The average Bonchev–Trinajstić information content (AvgIpc) is 3.11. The number of hydrogen-bond acceptors (Lipinski definition) is 4. The molecule has 1 aliphatic rings. The lowest BCUT2D eigenvalue weighted by atomic mass is 9.98. The molecule has 3 rings (SSSR count). The molecule has 0 amide bonds. The number of thiophene rings is 1. The molecule has 1 N–H and O–H groups in total. The lowest BCUT2D eigenvalue weighted by Gasteiger charge is -2.19. The van der Waals surface area contributed by atoms with E-state index in [9.17, 15) is 0 Å². The summed E-state index contributed by atoms with van der Waals surface area (Å²) in [5.74, 6) is 1.70. The van der Waals surface area contributed by atoms with E-state index in [4.69, 9.17) is 4.52 Å². The highest BCUT2D eigenvalue weighted by atomic mass is 79.9. The van der Waals surface area contributed by atoms with Gasteiger partial charge in [0.15, 0.2) is 0 Å². The van der Waals surface area contributed by atoms with Crippen LogP contribution in [0.5, 0.6) is 0 Å². The summed E-state index contributed by atoms with van der Waals surface area (Å²) in [6, 6.07) is 6.96. The summed E-state index contributed by atoms with van der Waals surface area (Å²) in [6.07, 6.45) is 4.87. The van der Waals surface area contributed by atoms with Gasteiger partial charge in [0.05, 0.1) is 9.48 Å². The van der Waals surface area contributed by atoms with Crippen LogP contribution in [0.25, 0.3) is 0 Å². The summed E-state index contributed by atoms with van der Waals surface area (Å²) in [7, 11) is 0. The first-order valence-corrected chi connectivity index (χ1v) is 8.71. The maximum atomic E-state index is 5.36. The van der Waals surface area contributed by atoms with Gasteiger partial charge in [0.2, 0.25) is 0 Å². The summed E-state index contributed by atoms with van der Waals surface area (Å²) in [6.45, 7) is 2.94. The normalized spacial score (nSPS) is 22.5. The fourth-order valence-electron chi connectivity index (χ4n) is 3.00. The van der Waals surface area contributed by atoms with Gasteiger partial charge in [0.1, 0.15) is 5.76 Å². The molecule has 0 radical (unpaired) electrons. The lowest BCUT2D eigenvalue weighted by Crippen LogP contribution is -2.32. The van der Waals surface area contributed by atoms with E-state index in [0.29, 0.717) is 12.0 Å². The molecule has 2 atom stereocenters. The minimum atomic E-state index is 0.598. The van der Waals surface area contributed by atoms with Gasteiger partial charge in [-0.15, -0.1) is 11.3 Å². The number of nitrogens with one attached hydrogen (secondary N) is 1. The predicted octanol–water partition coefficient (Wildman–Crippen LogP) is 4.31. The molecule has 1 fully saturated rings. The first-order chi connectivity index (χ1) is 9.70. The third kappa shape index (κ3) is 3.51. The molecule has 108 valence electrons. The molecule has 5 heteroatoms. The summed E-state index contributed by atoms with van der Waals surface area (Å²) in [4.78, 5) is 1.39. The smallest absolute Gasteiger partial charge is 0.137 e. The fraction of sp³-hybridized carbons (Fsp3) is 0.533. The van der Waals surface area contributed by atoms with E-state index in [1.807, 2.05) is 6.92 Å². The molecule has 2 heterocycles. The standard InChI is InChI=1S/C15H19BrN2OS/c1-10-7-12(19-18-10)8-11-3-2-4-14(11)17-9-13-5-6-15(16)20-13/h5-7,11,14,17H,2-4,8-9H2,1H3/t11-,14+/m0/s1. The van der Waals surface area contributed by atoms with Crippen molar-refractivity contribution in [2.75, 3.05) is 0 Å². The Balaban J connectivity index is 1.55. The van der Waals surface area contributed by atoms with E-state index in [0.717, 1.165) is 24.4 Å². The van der Waals surface area contributed by atoms with Gasteiger partial charge in [-0.2, -0.15) is 0 Å². The van der Waals surface area contributed by atoms with Crippen LogP contribution in [0, 0.1) is 12.8 Å². The molecular formula is C15H19BrN2OS. The molecule has 0 aliphatic heterocycles. The van der Waals surface area contributed by atoms with Gasteiger partial charge in [-0.25, -0.2) is 0 Å². The quantitative estimate of drug-likeness (QED) is 0.869. The molecule has 2 aromatic rings. The second kappa shape index (κ2) is 6.41. The Morgan fingerprint density at radius 1 is 1.45 bits per heavy atom. The van der Waals surface area contributed by atoms with Gasteiger partial charge in [0, 0.05) is 30.0 Å². The van der Waals surface area contributed by atoms with Crippen LogP contribution in [-0.2, 0) is 13.0 Å². The fourth-order valence-corrected chi connectivity index (χ4v) is 4.43. The number of aromatic nitrogens is 1. The Bertz CT molecular complexity index is 566. The zero-order valence-corrected chi connectivity index (χ0v) is 14.0. The SMILES string of the molecule is Cc1cc(C[C@@H]2CCC[C@H]2NCc2ccc(Br)s2)on1. The molecular weight excluding hydrogens is 336 g/mol. The van der Waals surface area contributed by atoms with Crippen molar-refractivity contribution in [1.29, 1.82) is 0 Å². The largest absolute Gasteiger partial charge is 0.361 e. The van der Waals surface area contributed by atoms with Crippen LogP contribution in [-0.4, -0.2) is 11.2 Å². The van der Waals surface area contributed by atoms with Crippen LogP contribution >= 0.6 is 27.3 Å². The first-order valence-electron chi connectivity index (χ1n) is 7.10. The van der Waals surface area contributed by atoms with E-state index >= 15 is 0 Å².